The lowest BCUT2D eigenvalue weighted by Gasteiger charge is -2.19. The van der Waals surface area contributed by atoms with E-state index in [0.717, 1.165) is 22.3 Å². The number of thioether (sulfide) groups is 1. The minimum absolute atomic E-state index is 0.157. The summed E-state index contributed by atoms with van der Waals surface area (Å²) in [5.41, 5.74) is 5.27. The van der Waals surface area contributed by atoms with Gasteiger partial charge in [-0.1, -0.05) is 94.9 Å². The fourth-order valence-electron chi connectivity index (χ4n) is 2.96. The molecule has 0 amide bonds. The van der Waals surface area contributed by atoms with Gasteiger partial charge in [-0.15, -0.1) is 10.2 Å². The highest BCUT2D eigenvalue weighted by atomic mass is 32.2. The molecule has 3 rings (SSSR count). The molecule has 0 unspecified atom stereocenters. The van der Waals surface area contributed by atoms with Gasteiger partial charge in [-0.3, -0.25) is 0 Å². The van der Waals surface area contributed by atoms with Crippen LogP contribution in [0.15, 0.2) is 53.7 Å². The Hall–Kier alpha value is -2.07. The highest BCUT2D eigenvalue weighted by molar-refractivity contribution is 7.98. The summed E-state index contributed by atoms with van der Waals surface area (Å²) >= 11 is 1.73. The average molecular weight is 380 g/mol. The molecule has 0 atom stereocenters. The molecule has 0 aliphatic heterocycles. The molecule has 0 aliphatic rings. The van der Waals surface area contributed by atoms with Crippen LogP contribution in [0.2, 0.25) is 0 Å². The normalized spacial score (nSPS) is 12.0. The first kappa shape index (κ1) is 19.7. The Bertz CT molecular complexity index is 885. The van der Waals surface area contributed by atoms with Crippen LogP contribution in [0.1, 0.15) is 57.2 Å². The lowest BCUT2D eigenvalue weighted by Crippen LogP contribution is -2.10. The van der Waals surface area contributed by atoms with Crippen LogP contribution in [0.4, 0.5) is 0 Å². The van der Waals surface area contributed by atoms with Gasteiger partial charge in [0.25, 0.3) is 0 Å². The zero-order valence-electron chi connectivity index (χ0n) is 17.2. The fraction of sp³-hybridized carbons (Fsp3) is 0.391. The van der Waals surface area contributed by atoms with Crippen LogP contribution in [-0.4, -0.2) is 14.8 Å². The topological polar surface area (TPSA) is 30.7 Å². The predicted molar refractivity (Wildman–Crippen MR) is 115 cm³/mol. The molecule has 0 fully saturated rings. The van der Waals surface area contributed by atoms with Gasteiger partial charge in [0.15, 0.2) is 11.0 Å². The second kappa shape index (κ2) is 7.89. The third-order valence-electron chi connectivity index (χ3n) is 4.86. The van der Waals surface area contributed by atoms with Crippen molar-refractivity contribution >= 4 is 11.8 Å². The summed E-state index contributed by atoms with van der Waals surface area (Å²) in [7, 11) is 2.04. The van der Waals surface area contributed by atoms with Crippen molar-refractivity contribution in [3.05, 3.63) is 65.2 Å². The van der Waals surface area contributed by atoms with Gasteiger partial charge in [0.1, 0.15) is 0 Å². The van der Waals surface area contributed by atoms with Crippen LogP contribution >= 0.6 is 11.8 Å². The Morgan fingerprint density at radius 1 is 0.926 bits per heavy atom. The molecule has 0 radical (unpaired) electrons. The van der Waals surface area contributed by atoms with E-state index in [2.05, 4.69) is 97.9 Å². The van der Waals surface area contributed by atoms with Crippen LogP contribution in [0.3, 0.4) is 0 Å². The zero-order chi connectivity index (χ0) is 19.6. The molecular weight excluding hydrogens is 350 g/mol. The van der Waals surface area contributed by atoms with Crippen molar-refractivity contribution in [2.75, 3.05) is 0 Å². The van der Waals surface area contributed by atoms with Crippen LogP contribution < -0.4 is 0 Å². The Balaban J connectivity index is 1.71. The van der Waals surface area contributed by atoms with E-state index < -0.39 is 0 Å². The van der Waals surface area contributed by atoms with Crippen LogP contribution in [-0.2, 0) is 18.2 Å². The van der Waals surface area contributed by atoms with Gasteiger partial charge < -0.3 is 4.57 Å². The van der Waals surface area contributed by atoms with Gasteiger partial charge in [-0.2, -0.15) is 0 Å². The maximum Gasteiger partial charge on any atom is 0.191 e. The molecular formula is C23H29N3S. The van der Waals surface area contributed by atoms with Gasteiger partial charge in [0.2, 0.25) is 0 Å². The number of hydrogen-bond donors (Lipinski definition) is 0. The first-order chi connectivity index (χ1) is 12.8. The molecule has 1 heterocycles. The van der Waals surface area contributed by atoms with Gasteiger partial charge in [-0.25, -0.2) is 0 Å². The summed E-state index contributed by atoms with van der Waals surface area (Å²) < 4.78 is 2.08. The number of nitrogens with zero attached hydrogens (tertiary/aromatic N) is 3. The smallest absolute Gasteiger partial charge is 0.191 e. The molecule has 27 heavy (non-hydrogen) atoms. The molecule has 4 heteroatoms. The van der Waals surface area contributed by atoms with Gasteiger partial charge in [-0.05, 0) is 28.0 Å². The van der Waals surface area contributed by atoms with E-state index in [1.54, 1.807) is 11.8 Å². The molecule has 0 N–H and O–H groups in total. The van der Waals surface area contributed by atoms with Crippen molar-refractivity contribution in [2.45, 2.75) is 56.9 Å². The van der Waals surface area contributed by atoms with Gasteiger partial charge in [0.05, 0.1) is 0 Å². The van der Waals surface area contributed by atoms with Crippen LogP contribution in [0, 0.1) is 0 Å². The first-order valence-corrected chi connectivity index (χ1v) is 10.5. The summed E-state index contributed by atoms with van der Waals surface area (Å²) in [6.07, 6.45) is 0. The van der Waals surface area contributed by atoms with Crippen molar-refractivity contribution in [1.82, 2.24) is 14.8 Å². The van der Waals surface area contributed by atoms with E-state index in [1.807, 2.05) is 7.05 Å². The Labute approximate surface area is 167 Å². The number of benzene rings is 2. The summed E-state index contributed by atoms with van der Waals surface area (Å²) in [5, 5.41) is 9.76. The molecule has 0 aliphatic carbocycles. The quantitative estimate of drug-likeness (QED) is 0.495. The maximum absolute atomic E-state index is 4.42. The van der Waals surface area contributed by atoms with Crippen molar-refractivity contribution in [3.8, 4) is 11.4 Å². The minimum atomic E-state index is 0.157. The zero-order valence-corrected chi connectivity index (χ0v) is 18.0. The predicted octanol–water partition coefficient (Wildman–Crippen LogP) is 6.20. The first-order valence-electron chi connectivity index (χ1n) is 9.47. The fourth-order valence-corrected chi connectivity index (χ4v) is 3.82. The average Bonchev–Trinajstić information content (AvgIpc) is 3.00. The van der Waals surface area contributed by atoms with Gasteiger partial charge in [0, 0.05) is 18.4 Å². The van der Waals surface area contributed by atoms with Crippen molar-refractivity contribution in [2.24, 2.45) is 7.05 Å². The molecule has 142 valence electrons. The Morgan fingerprint density at radius 3 is 2.11 bits per heavy atom. The Morgan fingerprint density at radius 2 is 1.56 bits per heavy atom. The van der Waals surface area contributed by atoms with E-state index in [4.69, 9.17) is 0 Å². The van der Waals surface area contributed by atoms with E-state index in [1.165, 1.54) is 16.7 Å². The van der Waals surface area contributed by atoms with Crippen LogP contribution in [0.5, 0.6) is 0 Å². The third kappa shape index (κ3) is 4.62. The van der Waals surface area contributed by atoms with E-state index in [-0.39, 0.29) is 5.41 Å². The molecule has 0 saturated heterocycles. The van der Waals surface area contributed by atoms with E-state index in [0.29, 0.717) is 5.92 Å². The second-order valence-corrected chi connectivity index (χ2v) is 9.32. The summed E-state index contributed by atoms with van der Waals surface area (Å²) in [6, 6.07) is 17.5. The lowest BCUT2D eigenvalue weighted by atomic mass is 9.87. The lowest BCUT2D eigenvalue weighted by molar-refractivity contribution is 0.590. The van der Waals surface area contributed by atoms with E-state index in [9.17, 15) is 0 Å². The van der Waals surface area contributed by atoms with Crippen molar-refractivity contribution in [3.63, 3.8) is 0 Å². The van der Waals surface area contributed by atoms with Gasteiger partial charge >= 0.3 is 0 Å². The second-order valence-electron chi connectivity index (χ2n) is 8.38. The third-order valence-corrected chi connectivity index (χ3v) is 5.95. The highest BCUT2D eigenvalue weighted by Crippen LogP contribution is 2.28. The molecule has 1 aromatic heterocycles. The summed E-state index contributed by atoms with van der Waals surface area (Å²) in [5.74, 6) is 2.37. The van der Waals surface area contributed by atoms with E-state index >= 15 is 0 Å². The summed E-state index contributed by atoms with van der Waals surface area (Å²) in [4.78, 5) is 0. The highest BCUT2D eigenvalue weighted by Gasteiger charge is 2.15. The SMILES string of the molecule is CC(C)c1ccc(CSc2nnc(-c3ccc(C(C)(C)C)cc3)n2C)cc1. The van der Waals surface area contributed by atoms with Crippen molar-refractivity contribution in [1.29, 1.82) is 0 Å². The number of rotatable bonds is 5. The Kier molecular flexibility index (Phi) is 5.75. The van der Waals surface area contributed by atoms with Crippen LogP contribution in [0.25, 0.3) is 11.4 Å². The molecule has 0 saturated carbocycles. The molecule has 0 bridgehead atoms. The largest absolute Gasteiger partial charge is 0.305 e. The molecule has 3 aromatic rings. The molecule has 0 spiro atoms. The molecule has 3 nitrogen and oxygen atoms in total. The monoisotopic (exact) mass is 379 g/mol. The molecule has 2 aromatic carbocycles. The number of aromatic nitrogens is 3. The number of hydrogen-bond acceptors (Lipinski definition) is 3. The maximum atomic E-state index is 4.42. The minimum Gasteiger partial charge on any atom is -0.305 e. The summed E-state index contributed by atoms with van der Waals surface area (Å²) in [6.45, 7) is 11.1. The van der Waals surface area contributed by atoms with Crippen molar-refractivity contribution < 1.29 is 0 Å². The standard InChI is InChI=1S/C23H29N3S/c1-16(2)18-9-7-17(8-10-18)15-27-22-25-24-21(26(22)6)19-11-13-20(14-12-19)23(3,4)5/h7-14,16H,15H2,1-6H3.